The number of benzene rings is 1. The maximum absolute atomic E-state index is 11.9. The highest BCUT2D eigenvalue weighted by atomic mass is 16.1. The number of amides is 1. The van der Waals surface area contributed by atoms with Crippen molar-refractivity contribution in [2.75, 3.05) is 26.2 Å². The summed E-state index contributed by atoms with van der Waals surface area (Å²) in [4.78, 5) is 14.5. The molecule has 0 aliphatic carbocycles. The van der Waals surface area contributed by atoms with E-state index in [0.29, 0.717) is 11.3 Å². The lowest BCUT2D eigenvalue weighted by molar-refractivity contribution is 0.0967. The summed E-state index contributed by atoms with van der Waals surface area (Å²) in [5.41, 5.74) is 7.89. The van der Waals surface area contributed by atoms with Gasteiger partial charge in [-0.1, -0.05) is 51.5 Å². The molecule has 2 rings (SSSR count). The van der Waals surface area contributed by atoms with E-state index in [9.17, 15) is 4.79 Å². The Labute approximate surface area is 176 Å². The number of unbranched alkanes of at least 4 members (excludes halogenated alkanes) is 2. The van der Waals surface area contributed by atoms with E-state index in [-0.39, 0.29) is 5.91 Å². The van der Waals surface area contributed by atoms with Crippen molar-refractivity contribution in [3.8, 4) is 0 Å². The van der Waals surface area contributed by atoms with Crippen LogP contribution in [0.15, 0.2) is 42.7 Å². The third-order valence-electron chi connectivity index (χ3n) is 4.80. The number of carbonyl (C=O) groups excluding carboxylic acids is 1. The molecule has 2 aromatic rings. The predicted molar refractivity (Wildman–Crippen MR) is 125 cm³/mol. The molecular weight excluding hydrogens is 360 g/mol. The number of fused-ring (bicyclic) bond motifs is 1. The van der Waals surface area contributed by atoms with Crippen LogP contribution in [-0.2, 0) is 7.05 Å². The Bertz CT molecular complexity index is 731. The second kappa shape index (κ2) is 14.0. The maximum atomic E-state index is 11.9. The Kier molecular flexibility index (Phi) is 12.0. The van der Waals surface area contributed by atoms with Gasteiger partial charge in [0.25, 0.3) is 5.91 Å². The van der Waals surface area contributed by atoms with Crippen LogP contribution in [0.5, 0.6) is 0 Å². The molecule has 0 saturated heterocycles. The largest absolute Gasteiger partial charge is 0.350 e. The van der Waals surface area contributed by atoms with E-state index < -0.39 is 0 Å². The molecule has 1 aromatic carbocycles. The van der Waals surface area contributed by atoms with Crippen molar-refractivity contribution in [3.05, 3.63) is 48.3 Å². The minimum absolute atomic E-state index is 0.107. The first-order valence-electron chi connectivity index (χ1n) is 10.9. The summed E-state index contributed by atoms with van der Waals surface area (Å²) in [6, 6.07) is 7.83. The first-order chi connectivity index (χ1) is 13.9. The van der Waals surface area contributed by atoms with Crippen LogP contribution in [0.2, 0.25) is 0 Å². The number of nitrogens with two attached hydrogens (primary N) is 1. The van der Waals surface area contributed by atoms with Crippen molar-refractivity contribution in [2.24, 2.45) is 12.8 Å². The van der Waals surface area contributed by atoms with E-state index in [1.54, 1.807) is 6.92 Å². The highest BCUT2D eigenvalue weighted by Gasteiger charge is 2.12. The van der Waals surface area contributed by atoms with Crippen LogP contribution in [0.25, 0.3) is 10.9 Å². The van der Waals surface area contributed by atoms with Gasteiger partial charge in [0.2, 0.25) is 0 Å². The van der Waals surface area contributed by atoms with Gasteiger partial charge >= 0.3 is 0 Å². The van der Waals surface area contributed by atoms with Crippen LogP contribution in [0, 0.1) is 0 Å². The molecule has 0 bridgehead atoms. The molecule has 0 fully saturated rings. The average Bonchev–Trinajstić information content (AvgIpc) is 3.04. The molecule has 0 aliphatic heterocycles. The second-order valence-corrected chi connectivity index (χ2v) is 7.60. The normalized spacial score (nSPS) is 10.7. The molecule has 5 nitrogen and oxygen atoms in total. The Morgan fingerprint density at radius 2 is 1.69 bits per heavy atom. The van der Waals surface area contributed by atoms with Gasteiger partial charge in [0.15, 0.2) is 0 Å². The van der Waals surface area contributed by atoms with Gasteiger partial charge in [-0.15, -0.1) is 0 Å². The van der Waals surface area contributed by atoms with Crippen LogP contribution >= 0.6 is 0 Å². The molecule has 0 spiro atoms. The lowest BCUT2D eigenvalue weighted by Crippen LogP contribution is -2.28. The molecule has 0 saturated carbocycles. The molecular formula is C24H40N4O. The Morgan fingerprint density at radius 1 is 1.10 bits per heavy atom. The zero-order chi connectivity index (χ0) is 21.6. The molecule has 0 atom stereocenters. The van der Waals surface area contributed by atoms with Gasteiger partial charge in [-0.25, -0.2) is 0 Å². The van der Waals surface area contributed by atoms with E-state index in [0.717, 1.165) is 23.9 Å². The van der Waals surface area contributed by atoms with Crippen LogP contribution in [0.3, 0.4) is 0 Å². The van der Waals surface area contributed by atoms with Crippen LogP contribution < -0.4 is 11.1 Å². The zero-order valence-corrected chi connectivity index (χ0v) is 18.8. The topological polar surface area (TPSA) is 63.3 Å². The number of allylic oxidation sites excluding steroid dienone is 1. The van der Waals surface area contributed by atoms with Crippen molar-refractivity contribution in [3.63, 3.8) is 0 Å². The smallest absolute Gasteiger partial charge is 0.257 e. The third-order valence-corrected chi connectivity index (χ3v) is 4.80. The van der Waals surface area contributed by atoms with Crippen molar-refractivity contribution in [1.82, 2.24) is 14.8 Å². The first-order valence-corrected chi connectivity index (χ1v) is 10.9. The van der Waals surface area contributed by atoms with E-state index in [2.05, 4.69) is 30.6 Å². The summed E-state index contributed by atoms with van der Waals surface area (Å²) >= 11 is 0. The lowest BCUT2D eigenvalue weighted by Gasteiger charge is -2.21. The summed E-state index contributed by atoms with van der Waals surface area (Å²) in [6.45, 7) is 14.5. The van der Waals surface area contributed by atoms with Gasteiger partial charge in [-0.3, -0.25) is 4.79 Å². The van der Waals surface area contributed by atoms with Crippen LogP contribution in [-0.4, -0.2) is 41.6 Å². The number of nitrogens with zero attached hydrogens (tertiary/aromatic N) is 2. The maximum Gasteiger partial charge on any atom is 0.257 e. The molecule has 1 heterocycles. The molecule has 0 radical (unpaired) electrons. The molecule has 1 aromatic heterocycles. The fourth-order valence-electron chi connectivity index (χ4n) is 3.20. The SMILES string of the molecule is C=C(C)NC(=O)c1cn(C)c2ccccc12.CCCCN(CCCC)CCCN. The monoisotopic (exact) mass is 400 g/mol. The van der Waals surface area contributed by atoms with Gasteiger partial charge in [-0.05, 0) is 58.4 Å². The average molecular weight is 401 g/mol. The van der Waals surface area contributed by atoms with Crippen molar-refractivity contribution in [2.45, 2.75) is 52.9 Å². The van der Waals surface area contributed by atoms with Crippen molar-refractivity contribution < 1.29 is 4.79 Å². The predicted octanol–water partition coefficient (Wildman–Crippen LogP) is 4.68. The van der Waals surface area contributed by atoms with E-state index in [1.165, 1.54) is 45.3 Å². The summed E-state index contributed by atoms with van der Waals surface area (Å²) in [5.74, 6) is -0.107. The molecule has 1 amide bonds. The standard InChI is InChI=1S/C13H14N2O.C11H26N2/c1-9(2)14-13(16)11-8-15(3)12-7-5-4-6-10(11)12;1-3-5-9-13(10-6-4-2)11-7-8-12/h4-8H,1H2,2-3H3,(H,14,16);3-12H2,1-2H3. The Morgan fingerprint density at radius 3 is 2.24 bits per heavy atom. The minimum atomic E-state index is -0.107. The van der Waals surface area contributed by atoms with Crippen molar-refractivity contribution >= 4 is 16.8 Å². The lowest BCUT2D eigenvalue weighted by atomic mass is 10.1. The van der Waals surface area contributed by atoms with Gasteiger partial charge in [0.05, 0.1) is 5.56 Å². The molecule has 3 N–H and O–H groups in total. The van der Waals surface area contributed by atoms with Gasteiger partial charge in [0, 0.05) is 29.8 Å². The second-order valence-electron chi connectivity index (χ2n) is 7.60. The van der Waals surface area contributed by atoms with Gasteiger partial charge in [-0.2, -0.15) is 0 Å². The highest BCUT2D eigenvalue weighted by molar-refractivity contribution is 6.07. The minimum Gasteiger partial charge on any atom is -0.350 e. The van der Waals surface area contributed by atoms with Gasteiger partial charge < -0.3 is 20.5 Å². The number of nitrogens with one attached hydrogen (secondary N) is 1. The van der Waals surface area contributed by atoms with Crippen molar-refractivity contribution in [1.29, 1.82) is 0 Å². The van der Waals surface area contributed by atoms with Crippen LogP contribution in [0.1, 0.15) is 63.2 Å². The fraction of sp³-hybridized carbons (Fsp3) is 0.542. The first kappa shape index (κ1) is 24.9. The highest BCUT2D eigenvalue weighted by Crippen LogP contribution is 2.20. The zero-order valence-electron chi connectivity index (χ0n) is 18.8. The van der Waals surface area contributed by atoms with E-state index in [4.69, 9.17) is 5.73 Å². The quantitative estimate of drug-likeness (QED) is 0.576. The number of aryl methyl sites for hydroxylation is 1. The number of rotatable bonds is 11. The molecule has 29 heavy (non-hydrogen) atoms. The van der Waals surface area contributed by atoms with Crippen LogP contribution in [0.4, 0.5) is 0 Å². The number of carbonyl (C=O) groups is 1. The third kappa shape index (κ3) is 8.84. The van der Waals surface area contributed by atoms with Gasteiger partial charge in [0.1, 0.15) is 0 Å². The summed E-state index contributed by atoms with van der Waals surface area (Å²) in [5, 5.41) is 3.68. The summed E-state index contributed by atoms with van der Waals surface area (Å²) in [7, 11) is 1.93. The molecule has 0 unspecified atom stereocenters. The molecule has 162 valence electrons. The molecule has 0 aliphatic rings. The fourth-order valence-corrected chi connectivity index (χ4v) is 3.20. The number of para-hydroxylation sites is 1. The summed E-state index contributed by atoms with van der Waals surface area (Å²) < 4.78 is 1.95. The Hall–Kier alpha value is -2.11. The van der Waals surface area contributed by atoms with E-state index >= 15 is 0 Å². The molecule has 5 heteroatoms. The van der Waals surface area contributed by atoms with E-state index in [1.807, 2.05) is 42.1 Å². The number of hydrogen-bond acceptors (Lipinski definition) is 3. The Balaban J connectivity index is 0.000000298. The summed E-state index contributed by atoms with van der Waals surface area (Å²) in [6.07, 6.45) is 8.23. The number of aromatic nitrogens is 1. The number of hydrogen-bond donors (Lipinski definition) is 2.